The zero-order valence-electron chi connectivity index (χ0n) is 9.87. The van der Waals surface area contributed by atoms with Gasteiger partial charge in [-0.2, -0.15) is 0 Å². The van der Waals surface area contributed by atoms with Crippen LogP contribution in [0.15, 0.2) is 33.8 Å². The van der Waals surface area contributed by atoms with E-state index < -0.39 is 32.4 Å². The smallest absolute Gasteiger partial charge is 0.267 e. The van der Waals surface area contributed by atoms with Gasteiger partial charge in [0.2, 0.25) is 0 Å². The topological polar surface area (TPSA) is 59.1 Å². The Balaban J connectivity index is 2.51. The van der Waals surface area contributed by atoms with Gasteiger partial charge in [-0.25, -0.2) is 26.6 Å². The van der Waals surface area contributed by atoms with Crippen molar-refractivity contribution in [1.82, 2.24) is 4.98 Å². The summed E-state index contributed by atoms with van der Waals surface area (Å²) in [5.41, 5.74) is -0.186. The fraction of sp³-hybridized carbons (Fsp3) is 0. The molecule has 0 unspecified atom stereocenters. The highest BCUT2D eigenvalue weighted by atomic mass is 79.9. The summed E-state index contributed by atoms with van der Waals surface area (Å²) >= 11 is 8.73. The first-order valence-electron chi connectivity index (χ1n) is 5.19. The van der Waals surface area contributed by atoms with Crippen LogP contribution < -0.4 is 4.72 Å². The number of rotatable bonds is 3. The normalized spacial score (nSPS) is 11.5. The van der Waals surface area contributed by atoms with Gasteiger partial charge in [0.1, 0.15) is 17.5 Å². The minimum Gasteiger partial charge on any atom is -0.276 e. The van der Waals surface area contributed by atoms with Crippen molar-refractivity contribution in [2.24, 2.45) is 0 Å². The zero-order valence-corrected chi connectivity index (χ0v) is 13.0. The predicted octanol–water partition coefficient (Wildman–Crippen LogP) is 3.72. The van der Waals surface area contributed by atoms with Crippen molar-refractivity contribution in [3.8, 4) is 0 Å². The maximum atomic E-state index is 13.5. The molecule has 0 radical (unpaired) electrons. The molecule has 0 amide bonds. The van der Waals surface area contributed by atoms with Crippen LogP contribution in [0, 0.1) is 17.5 Å². The maximum Gasteiger partial charge on any atom is 0.267 e. The Hall–Kier alpha value is -1.32. The van der Waals surface area contributed by atoms with Gasteiger partial charge < -0.3 is 0 Å². The first-order valence-corrected chi connectivity index (χ1v) is 7.84. The van der Waals surface area contributed by atoms with E-state index in [9.17, 15) is 21.6 Å². The minimum absolute atomic E-state index is 0.186. The summed E-state index contributed by atoms with van der Waals surface area (Å²) in [6.45, 7) is 0. The second kappa shape index (κ2) is 5.82. The van der Waals surface area contributed by atoms with Crippen LogP contribution in [0.1, 0.15) is 0 Å². The Labute approximate surface area is 131 Å². The molecule has 0 atom stereocenters. The molecule has 2 rings (SSSR count). The lowest BCUT2D eigenvalue weighted by molar-refractivity contribution is 0.498. The summed E-state index contributed by atoms with van der Waals surface area (Å²) < 4.78 is 66.2. The van der Waals surface area contributed by atoms with Gasteiger partial charge in [-0.3, -0.25) is 4.72 Å². The van der Waals surface area contributed by atoms with E-state index in [-0.39, 0.29) is 23.0 Å². The second-order valence-corrected chi connectivity index (χ2v) is 6.69. The van der Waals surface area contributed by atoms with Crippen molar-refractivity contribution in [2.75, 3.05) is 4.72 Å². The summed E-state index contributed by atoms with van der Waals surface area (Å²) in [5, 5.41) is -0.218. The third kappa shape index (κ3) is 3.47. The van der Waals surface area contributed by atoms with Gasteiger partial charge >= 0.3 is 0 Å². The number of nitrogens with zero attached hydrogens (tertiary/aromatic N) is 1. The molecule has 1 N–H and O–H groups in total. The number of hydrogen-bond donors (Lipinski definition) is 1. The highest BCUT2D eigenvalue weighted by molar-refractivity contribution is 9.10. The number of hydrogen-bond acceptors (Lipinski definition) is 3. The molecule has 0 bridgehead atoms. The number of aromatic nitrogens is 1. The Bertz CT molecular complexity index is 794. The summed E-state index contributed by atoms with van der Waals surface area (Å²) in [6, 6.07) is 1.78. The van der Waals surface area contributed by atoms with Gasteiger partial charge in [0, 0.05) is 22.8 Å². The molecule has 0 saturated carbocycles. The molecule has 21 heavy (non-hydrogen) atoms. The SMILES string of the molecule is O=S(=O)(Nc1cc(Br)cnc1Cl)c1c(F)cc(F)cc1F. The van der Waals surface area contributed by atoms with Crippen molar-refractivity contribution in [3.05, 3.63) is 51.5 Å². The van der Waals surface area contributed by atoms with Crippen LogP contribution >= 0.6 is 27.5 Å². The van der Waals surface area contributed by atoms with E-state index >= 15 is 0 Å². The summed E-state index contributed by atoms with van der Waals surface area (Å²) in [5.74, 6) is -4.34. The monoisotopic (exact) mass is 400 g/mol. The van der Waals surface area contributed by atoms with Crippen LogP contribution in [0.4, 0.5) is 18.9 Å². The van der Waals surface area contributed by atoms with E-state index in [1.165, 1.54) is 12.3 Å². The van der Waals surface area contributed by atoms with Crippen LogP contribution in [0.25, 0.3) is 0 Å². The second-order valence-electron chi connectivity index (χ2n) is 3.80. The fourth-order valence-electron chi connectivity index (χ4n) is 1.48. The Morgan fingerprint density at radius 3 is 2.29 bits per heavy atom. The van der Waals surface area contributed by atoms with Crippen LogP contribution in [0.3, 0.4) is 0 Å². The number of nitrogens with one attached hydrogen (secondary N) is 1. The zero-order chi connectivity index (χ0) is 15.8. The first kappa shape index (κ1) is 16.1. The molecule has 1 aromatic heterocycles. The molecular weight excluding hydrogens is 397 g/mol. The molecule has 0 aliphatic rings. The molecule has 0 aliphatic heterocycles. The molecule has 112 valence electrons. The number of halogens is 5. The van der Waals surface area contributed by atoms with Crippen molar-refractivity contribution in [3.63, 3.8) is 0 Å². The highest BCUT2D eigenvalue weighted by Crippen LogP contribution is 2.27. The summed E-state index contributed by atoms with van der Waals surface area (Å²) in [7, 11) is -4.64. The van der Waals surface area contributed by atoms with E-state index in [1.54, 1.807) is 0 Å². The van der Waals surface area contributed by atoms with Crippen LogP contribution in [0.5, 0.6) is 0 Å². The quantitative estimate of drug-likeness (QED) is 0.798. The highest BCUT2D eigenvalue weighted by Gasteiger charge is 2.26. The maximum absolute atomic E-state index is 13.5. The number of benzene rings is 1. The Kier molecular flexibility index (Phi) is 4.45. The average Bonchev–Trinajstić information content (AvgIpc) is 2.31. The van der Waals surface area contributed by atoms with Gasteiger partial charge in [0.05, 0.1) is 5.69 Å². The molecule has 10 heteroatoms. The van der Waals surface area contributed by atoms with Crippen LogP contribution in [-0.4, -0.2) is 13.4 Å². The molecule has 0 spiro atoms. The Morgan fingerprint density at radius 2 is 1.71 bits per heavy atom. The summed E-state index contributed by atoms with van der Waals surface area (Å²) in [4.78, 5) is 2.35. The summed E-state index contributed by atoms with van der Waals surface area (Å²) in [6.07, 6.45) is 1.30. The first-order chi connectivity index (χ1) is 9.70. The lowest BCUT2D eigenvalue weighted by atomic mass is 10.3. The minimum atomic E-state index is -4.64. The largest absolute Gasteiger partial charge is 0.276 e. The molecule has 4 nitrogen and oxygen atoms in total. The lowest BCUT2D eigenvalue weighted by Gasteiger charge is -2.11. The number of pyridine rings is 1. The molecule has 0 fully saturated rings. The van der Waals surface area contributed by atoms with E-state index in [4.69, 9.17) is 11.6 Å². The average molecular weight is 402 g/mol. The Morgan fingerprint density at radius 1 is 1.14 bits per heavy atom. The number of sulfonamides is 1. The predicted molar refractivity (Wildman–Crippen MR) is 74.1 cm³/mol. The van der Waals surface area contributed by atoms with Crippen molar-refractivity contribution < 1.29 is 21.6 Å². The van der Waals surface area contributed by atoms with Crippen LogP contribution in [-0.2, 0) is 10.0 Å². The molecule has 1 heterocycles. The van der Waals surface area contributed by atoms with E-state index in [2.05, 4.69) is 20.9 Å². The lowest BCUT2D eigenvalue weighted by Crippen LogP contribution is -2.17. The molecule has 1 aromatic carbocycles. The van der Waals surface area contributed by atoms with E-state index in [0.29, 0.717) is 4.47 Å². The van der Waals surface area contributed by atoms with Gasteiger partial charge in [-0.15, -0.1) is 0 Å². The van der Waals surface area contributed by atoms with Gasteiger partial charge in [-0.05, 0) is 22.0 Å². The molecule has 2 aromatic rings. The van der Waals surface area contributed by atoms with Crippen molar-refractivity contribution >= 4 is 43.2 Å². The third-order valence-corrected chi connectivity index (χ3v) is 4.43. The van der Waals surface area contributed by atoms with Gasteiger partial charge in [-0.1, -0.05) is 11.6 Å². The molecule has 0 saturated heterocycles. The van der Waals surface area contributed by atoms with E-state index in [0.717, 1.165) is 0 Å². The van der Waals surface area contributed by atoms with Crippen molar-refractivity contribution in [1.29, 1.82) is 0 Å². The number of anilines is 1. The standard InChI is InChI=1S/C11H5BrClF3N2O2S/c12-5-1-9(11(13)17-4-5)18-21(19,20)10-7(15)2-6(14)3-8(10)16/h1-4,18H. The van der Waals surface area contributed by atoms with Crippen LogP contribution in [0.2, 0.25) is 5.15 Å². The fourth-order valence-corrected chi connectivity index (χ4v) is 3.19. The van der Waals surface area contributed by atoms with Crippen molar-refractivity contribution in [2.45, 2.75) is 4.90 Å². The van der Waals surface area contributed by atoms with Gasteiger partial charge in [0.25, 0.3) is 10.0 Å². The van der Waals surface area contributed by atoms with Gasteiger partial charge in [0.15, 0.2) is 10.0 Å². The third-order valence-electron chi connectivity index (χ3n) is 2.28. The molecular formula is C11H5BrClF3N2O2S. The molecule has 0 aliphatic carbocycles. The van der Waals surface area contributed by atoms with E-state index in [1.807, 2.05) is 4.72 Å².